The van der Waals surface area contributed by atoms with Crippen LogP contribution in [0.4, 0.5) is 0 Å². The summed E-state index contributed by atoms with van der Waals surface area (Å²) in [4.78, 5) is 26.1. The zero-order valence-electron chi connectivity index (χ0n) is 15.8. The van der Waals surface area contributed by atoms with E-state index in [-0.39, 0.29) is 18.1 Å². The summed E-state index contributed by atoms with van der Waals surface area (Å²) < 4.78 is 5.22. The van der Waals surface area contributed by atoms with E-state index in [0.717, 1.165) is 18.4 Å². The van der Waals surface area contributed by atoms with Crippen molar-refractivity contribution in [2.45, 2.75) is 12.8 Å². The fraction of sp³-hybridized carbons (Fsp3) is 0.227. The lowest BCUT2D eigenvalue weighted by atomic mass is 10.1. The maximum atomic E-state index is 12.2. The van der Waals surface area contributed by atoms with Gasteiger partial charge in [0.05, 0.1) is 6.54 Å². The first-order valence-corrected chi connectivity index (χ1v) is 9.21. The number of carbonyl (C=O) groups excluding carboxylic acids is 2. The maximum Gasteiger partial charge on any atom is 0.273 e. The third-order valence-electron chi connectivity index (χ3n) is 4.43. The second-order valence-corrected chi connectivity index (χ2v) is 6.53. The minimum absolute atomic E-state index is 0.0752. The van der Waals surface area contributed by atoms with Gasteiger partial charge in [0, 0.05) is 25.2 Å². The van der Waals surface area contributed by atoms with Crippen molar-refractivity contribution in [3.8, 4) is 11.3 Å². The van der Waals surface area contributed by atoms with Crippen molar-refractivity contribution in [2.75, 3.05) is 20.1 Å². The van der Waals surface area contributed by atoms with Crippen LogP contribution in [0.1, 0.15) is 22.5 Å². The maximum absolute atomic E-state index is 12.2. The van der Waals surface area contributed by atoms with E-state index in [1.807, 2.05) is 48.5 Å². The normalized spacial score (nSPS) is 10.5. The van der Waals surface area contributed by atoms with Crippen molar-refractivity contribution in [1.82, 2.24) is 15.4 Å². The molecular weight excluding hydrogens is 354 g/mol. The molecule has 0 aliphatic heterocycles. The molecule has 3 rings (SSSR count). The highest BCUT2D eigenvalue weighted by atomic mass is 16.5. The standard InChI is InChI=1S/C22H23N3O3/c1-25(14-8-11-17-9-4-2-5-10-17)21(26)16-23-22(27)19-15-20(28-24-19)18-12-6-3-7-13-18/h2-7,9-10,12-13,15H,8,11,14,16H2,1H3,(H,23,27). The van der Waals surface area contributed by atoms with Gasteiger partial charge in [0.25, 0.3) is 5.91 Å². The second-order valence-electron chi connectivity index (χ2n) is 6.53. The molecule has 144 valence electrons. The molecule has 0 unspecified atom stereocenters. The van der Waals surface area contributed by atoms with Crippen molar-refractivity contribution in [1.29, 1.82) is 0 Å². The molecule has 0 atom stereocenters. The number of aryl methyl sites for hydroxylation is 1. The first kappa shape index (κ1) is 19.4. The van der Waals surface area contributed by atoms with E-state index in [2.05, 4.69) is 22.6 Å². The molecule has 0 saturated heterocycles. The first-order chi connectivity index (χ1) is 13.6. The quantitative estimate of drug-likeness (QED) is 0.654. The lowest BCUT2D eigenvalue weighted by Crippen LogP contribution is -2.38. The average Bonchev–Trinajstić information content (AvgIpc) is 3.23. The summed E-state index contributed by atoms with van der Waals surface area (Å²) >= 11 is 0. The fourth-order valence-corrected chi connectivity index (χ4v) is 2.79. The van der Waals surface area contributed by atoms with Crippen LogP contribution in [0.3, 0.4) is 0 Å². The van der Waals surface area contributed by atoms with Gasteiger partial charge < -0.3 is 14.7 Å². The molecule has 1 N–H and O–H groups in total. The van der Waals surface area contributed by atoms with Crippen molar-refractivity contribution >= 4 is 11.8 Å². The molecule has 0 fully saturated rings. The lowest BCUT2D eigenvalue weighted by Gasteiger charge is -2.17. The monoisotopic (exact) mass is 377 g/mol. The number of nitrogens with one attached hydrogen (secondary N) is 1. The van der Waals surface area contributed by atoms with E-state index in [0.29, 0.717) is 12.3 Å². The third kappa shape index (κ3) is 5.30. The first-order valence-electron chi connectivity index (χ1n) is 9.21. The van der Waals surface area contributed by atoms with Gasteiger partial charge in [0.1, 0.15) is 0 Å². The summed E-state index contributed by atoms with van der Waals surface area (Å²) in [5, 5.41) is 6.39. The number of hydrogen-bond acceptors (Lipinski definition) is 4. The van der Waals surface area contributed by atoms with Gasteiger partial charge in [-0.25, -0.2) is 0 Å². The van der Waals surface area contributed by atoms with E-state index >= 15 is 0 Å². The van der Waals surface area contributed by atoms with Gasteiger partial charge in [-0.2, -0.15) is 0 Å². The second kappa shape index (κ2) is 9.50. The summed E-state index contributed by atoms with van der Waals surface area (Å²) in [6.45, 7) is 0.555. The number of amides is 2. The molecule has 6 heteroatoms. The van der Waals surface area contributed by atoms with Gasteiger partial charge in [-0.05, 0) is 18.4 Å². The number of rotatable bonds is 8. The Balaban J connectivity index is 1.43. The van der Waals surface area contributed by atoms with E-state index in [4.69, 9.17) is 4.52 Å². The van der Waals surface area contributed by atoms with Gasteiger partial charge in [-0.3, -0.25) is 9.59 Å². The van der Waals surface area contributed by atoms with Crippen molar-refractivity contribution < 1.29 is 14.1 Å². The molecule has 0 saturated carbocycles. The van der Waals surface area contributed by atoms with Crippen molar-refractivity contribution in [3.05, 3.63) is 78.0 Å². The predicted octanol–water partition coefficient (Wildman–Crippen LogP) is 3.16. The average molecular weight is 377 g/mol. The van der Waals surface area contributed by atoms with E-state index < -0.39 is 5.91 Å². The molecule has 2 aromatic carbocycles. The number of benzene rings is 2. The summed E-state index contributed by atoms with van der Waals surface area (Å²) in [5.41, 5.74) is 2.23. The zero-order chi connectivity index (χ0) is 19.8. The van der Waals surface area contributed by atoms with Crippen LogP contribution in [-0.2, 0) is 11.2 Å². The molecular formula is C22H23N3O3. The van der Waals surface area contributed by atoms with Crippen LogP contribution in [0.15, 0.2) is 71.3 Å². The van der Waals surface area contributed by atoms with Crippen molar-refractivity contribution in [2.24, 2.45) is 0 Å². The minimum atomic E-state index is -0.433. The molecule has 0 bridgehead atoms. The predicted molar refractivity (Wildman–Crippen MR) is 107 cm³/mol. The molecule has 0 aliphatic rings. The summed E-state index contributed by atoms with van der Waals surface area (Å²) in [5.74, 6) is -0.0692. The molecule has 1 aromatic heterocycles. The van der Waals surface area contributed by atoms with Crippen LogP contribution in [0.25, 0.3) is 11.3 Å². The molecule has 0 spiro atoms. The van der Waals surface area contributed by atoms with Crippen LogP contribution >= 0.6 is 0 Å². The van der Waals surface area contributed by atoms with Gasteiger partial charge in [-0.15, -0.1) is 0 Å². The Morgan fingerprint density at radius 1 is 1.04 bits per heavy atom. The van der Waals surface area contributed by atoms with Crippen LogP contribution in [-0.4, -0.2) is 42.0 Å². The number of carbonyl (C=O) groups is 2. The molecule has 0 radical (unpaired) electrons. The third-order valence-corrected chi connectivity index (χ3v) is 4.43. The lowest BCUT2D eigenvalue weighted by molar-refractivity contribution is -0.128. The highest BCUT2D eigenvalue weighted by Gasteiger charge is 2.16. The van der Waals surface area contributed by atoms with Crippen molar-refractivity contribution in [3.63, 3.8) is 0 Å². The van der Waals surface area contributed by atoms with E-state index in [1.54, 1.807) is 18.0 Å². The van der Waals surface area contributed by atoms with Crippen LogP contribution < -0.4 is 5.32 Å². The van der Waals surface area contributed by atoms with Crippen LogP contribution in [0.5, 0.6) is 0 Å². The fourth-order valence-electron chi connectivity index (χ4n) is 2.79. The molecule has 3 aromatic rings. The molecule has 6 nitrogen and oxygen atoms in total. The van der Waals surface area contributed by atoms with Gasteiger partial charge >= 0.3 is 0 Å². The highest BCUT2D eigenvalue weighted by Crippen LogP contribution is 2.19. The Morgan fingerprint density at radius 3 is 2.43 bits per heavy atom. The Kier molecular flexibility index (Phi) is 6.57. The molecule has 1 heterocycles. The number of aromatic nitrogens is 1. The highest BCUT2D eigenvalue weighted by molar-refractivity contribution is 5.95. The molecule has 2 amide bonds. The zero-order valence-corrected chi connectivity index (χ0v) is 15.8. The number of likely N-dealkylation sites (N-methyl/N-ethyl adjacent to an activating group) is 1. The Hall–Kier alpha value is -3.41. The Morgan fingerprint density at radius 2 is 1.71 bits per heavy atom. The van der Waals surface area contributed by atoms with Crippen LogP contribution in [0, 0.1) is 0 Å². The molecule has 28 heavy (non-hydrogen) atoms. The van der Waals surface area contributed by atoms with Gasteiger partial charge in [0.2, 0.25) is 5.91 Å². The van der Waals surface area contributed by atoms with Gasteiger partial charge in [-0.1, -0.05) is 65.8 Å². The van der Waals surface area contributed by atoms with E-state index in [9.17, 15) is 9.59 Å². The number of hydrogen-bond donors (Lipinski definition) is 1. The smallest absolute Gasteiger partial charge is 0.273 e. The van der Waals surface area contributed by atoms with Crippen LogP contribution in [0.2, 0.25) is 0 Å². The summed E-state index contributed by atoms with van der Waals surface area (Å²) in [6, 6.07) is 21.1. The topological polar surface area (TPSA) is 75.4 Å². The SMILES string of the molecule is CN(CCCc1ccccc1)C(=O)CNC(=O)c1cc(-c2ccccc2)on1. The number of nitrogens with zero attached hydrogens (tertiary/aromatic N) is 2. The van der Waals surface area contributed by atoms with E-state index in [1.165, 1.54) is 5.56 Å². The largest absolute Gasteiger partial charge is 0.355 e. The Labute approximate surface area is 164 Å². The van der Waals surface area contributed by atoms with Gasteiger partial charge in [0.15, 0.2) is 11.5 Å². The summed E-state index contributed by atoms with van der Waals surface area (Å²) in [7, 11) is 1.74. The molecule has 0 aliphatic carbocycles. The Bertz CT molecular complexity index is 907. The minimum Gasteiger partial charge on any atom is -0.355 e. The summed E-state index contributed by atoms with van der Waals surface area (Å²) in [6.07, 6.45) is 1.77.